The lowest BCUT2D eigenvalue weighted by Crippen LogP contribution is -2.45. The SMILES string of the molecule is CCCCCCCCCCCCCC/C=C\CCCCCCCCCC(=O)NC(COP(=O)([O-])OCC[N+](C)(C)C)C(O)/C=C/CC/C=C/CCCCCCCCCCCCCC. The van der Waals surface area contributed by atoms with Crippen molar-refractivity contribution >= 4 is 13.7 Å². The van der Waals surface area contributed by atoms with Crippen LogP contribution in [0.2, 0.25) is 0 Å². The van der Waals surface area contributed by atoms with Gasteiger partial charge in [-0.25, -0.2) is 0 Å². The van der Waals surface area contributed by atoms with Gasteiger partial charge in [0.1, 0.15) is 13.2 Å². The van der Waals surface area contributed by atoms with Crippen molar-refractivity contribution in [3.63, 3.8) is 0 Å². The molecule has 3 unspecified atom stereocenters. The Kier molecular flexibility index (Phi) is 44.9. The zero-order valence-corrected chi connectivity index (χ0v) is 43.2. The third-order valence-electron chi connectivity index (χ3n) is 12.1. The van der Waals surface area contributed by atoms with Crippen LogP contribution < -0.4 is 10.2 Å². The Bertz CT molecular complexity index is 1120. The van der Waals surface area contributed by atoms with Crippen molar-refractivity contribution in [2.24, 2.45) is 0 Å². The van der Waals surface area contributed by atoms with Gasteiger partial charge in [-0.2, -0.15) is 0 Å². The molecule has 8 nitrogen and oxygen atoms in total. The summed E-state index contributed by atoms with van der Waals surface area (Å²) in [6.45, 7) is 4.65. The number of carbonyl (C=O) groups excluding carboxylic acids is 1. The van der Waals surface area contributed by atoms with Gasteiger partial charge in [0.2, 0.25) is 5.91 Å². The van der Waals surface area contributed by atoms with Crippen LogP contribution >= 0.6 is 7.82 Å². The number of nitrogens with zero attached hydrogens (tertiary/aromatic N) is 1. The monoisotopic (exact) mass is 909 g/mol. The summed E-state index contributed by atoms with van der Waals surface area (Å²) in [6, 6.07) is -0.905. The summed E-state index contributed by atoms with van der Waals surface area (Å²) < 4.78 is 23.3. The van der Waals surface area contributed by atoms with E-state index >= 15 is 0 Å². The minimum absolute atomic E-state index is 0.00677. The lowest BCUT2D eigenvalue weighted by atomic mass is 10.0. The van der Waals surface area contributed by atoms with Gasteiger partial charge in [-0.1, -0.05) is 224 Å². The van der Waals surface area contributed by atoms with Crippen molar-refractivity contribution in [2.75, 3.05) is 40.9 Å². The van der Waals surface area contributed by atoms with Crippen LogP contribution in [0.5, 0.6) is 0 Å². The molecule has 0 fully saturated rings. The van der Waals surface area contributed by atoms with Crippen molar-refractivity contribution in [2.45, 2.75) is 264 Å². The molecule has 9 heteroatoms. The smallest absolute Gasteiger partial charge is 0.268 e. The molecule has 0 saturated heterocycles. The van der Waals surface area contributed by atoms with Gasteiger partial charge in [0, 0.05) is 6.42 Å². The van der Waals surface area contributed by atoms with Gasteiger partial charge in [0.05, 0.1) is 39.9 Å². The summed E-state index contributed by atoms with van der Waals surface area (Å²) in [5.74, 6) is -0.209. The number of phosphoric acid groups is 1. The van der Waals surface area contributed by atoms with Gasteiger partial charge in [0.15, 0.2) is 0 Å². The first-order valence-corrected chi connectivity index (χ1v) is 28.3. The molecule has 0 saturated carbocycles. The van der Waals surface area contributed by atoms with E-state index in [2.05, 4.69) is 43.5 Å². The number of nitrogens with one attached hydrogen (secondary N) is 1. The third kappa shape index (κ3) is 48.5. The number of hydrogen-bond acceptors (Lipinski definition) is 6. The van der Waals surface area contributed by atoms with Gasteiger partial charge in [-0.15, -0.1) is 0 Å². The molecule has 0 heterocycles. The lowest BCUT2D eigenvalue weighted by molar-refractivity contribution is -0.870. The fourth-order valence-corrected chi connectivity index (χ4v) is 8.53. The minimum atomic E-state index is -4.60. The molecule has 0 aromatic rings. The summed E-state index contributed by atoms with van der Waals surface area (Å²) >= 11 is 0. The Morgan fingerprint density at radius 2 is 0.889 bits per heavy atom. The molecule has 0 bridgehead atoms. The Balaban J connectivity index is 4.30. The van der Waals surface area contributed by atoms with Crippen LogP contribution in [0.4, 0.5) is 0 Å². The zero-order chi connectivity index (χ0) is 46.4. The highest BCUT2D eigenvalue weighted by Crippen LogP contribution is 2.38. The van der Waals surface area contributed by atoms with E-state index in [0.717, 1.165) is 38.5 Å². The standard InChI is InChI=1S/C54H105N2O6P/c1-6-8-10-12-14-16-18-20-22-24-26-27-28-29-30-32-34-36-38-40-42-44-46-48-54(58)55-52(51-62-63(59,60)61-50-49-56(3,4)5)53(57)47-45-43-41-39-37-35-33-31-25-23-21-19-17-15-13-11-9-7-2/h29-30,37,39,45,47,52-53,57H,6-28,31-36,38,40-44,46,48-51H2,1-5H3,(H-,55,58,59,60)/b30-29-,39-37+,47-45+. The molecule has 3 atom stereocenters. The molecule has 0 aliphatic carbocycles. The number of carbonyl (C=O) groups is 1. The number of allylic oxidation sites excluding steroid dienone is 5. The predicted molar refractivity (Wildman–Crippen MR) is 270 cm³/mol. The first kappa shape index (κ1) is 61.7. The van der Waals surface area contributed by atoms with E-state index in [4.69, 9.17) is 9.05 Å². The normalized spacial score (nSPS) is 14.3. The van der Waals surface area contributed by atoms with E-state index in [-0.39, 0.29) is 12.5 Å². The summed E-state index contributed by atoms with van der Waals surface area (Å²) in [5, 5.41) is 13.8. The first-order chi connectivity index (χ1) is 30.5. The predicted octanol–water partition coefficient (Wildman–Crippen LogP) is 15.2. The number of hydrogen-bond donors (Lipinski definition) is 2. The lowest BCUT2D eigenvalue weighted by Gasteiger charge is -2.29. The van der Waals surface area contributed by atoms with Crippen LogP contribution in [0, 0.1) is 0 Å². The van der Waals surface area contributed by atoms with Crippen molar-refractivity contribution in [3.8, 4) is 0 Å². The first-order valence-electron chi connectivity index (χ1n) is 26.9. The second-order valence-corrected chi connectivity index (χ2v) is 21.0. The highest BCUT2D eigenvalue weighted by Gasteiger charge is 2.23. The second kappa shape index (κ2) is 45.9. The average Bonchev–Trinajstić information content (AvgIpc) is 3.24. The van der Waals surface area contributed by atoms with Gasteiger partial charge < -0.3 is 28.8 Å². The van der Waals surface area contributed by atoms with Crippen LogP contribution in [-0.2, 0) is 18.4 Å². The van der Waals surface area contributed by atoms with Crippen molar-refractivity contribution in [1.29, 1.82) is 0 Å². The molecule has 0 aliphatic rings. The molecule has 0 rings (SSSR count). The van der Waals surface area contributed by atoms with E-state index in [1.807, 2.05) is 27.2 Å². The Labute approximate surface area is 391 Å². The van der Waals surface area contributed by atoms with E-state index in [1.54, 1.807) is 6.08 Å². The van der Waals surface area contributed by atoms with Gasteiger partial charge in [-0.05, 0) is 57.8 Å². The summed E-state index contributed by atoms with van der Waals surface area (Å²) in [4.78, 5) is 25.4. The van der Waals surface area contributed by atoms with Crippen molar-refractivity contribution in [3.05, 3.63) is 36.5 Å². The molecule has 63 heavy (non-hydrogen) atoms. The molecule has 2 N–H and O–H groups in total. The van der Waals surface area contributed by atoms with Crippen molar-refractivity contribution in [1.82, 2.24) is 5.32 Å². The van der Waals surface area contributed by atoms with E-state index < -0.39 is 26.6 Å². The van der Waals surface area contributed by atoms with Crippen molar-refractivity contribution < 1.29 is 32.9 Å². The Morgan fingerprint density at radius 1 is 0.540 bits per heavy atom. The number of aliphatic hydroxyl groups excluding tert-OH is 1. The van der Waals surface area contributed by atoms with Gasteiger partial charge in [0.25, 0.3) is 7.82 Å². The molecule has 0 aromatic heterocycles. The maximum absolute atomic E-state index is 12.9. The van der Waals surface area contributed by atoms with Gasteiger partial charge >= 0.3 is 0 Å². The molecule has 0 aromatic carbocycles. The maximum atomic E-state index is 12.9. The highest BCUT2D eigenvalue weighted by atomic mass is 31.2. The van der Waals surface area contributed by atoms with E-state index in [0.29, 0.717) is 17.4 Å². The van der Waals surface area contributed by atoms with Crippen LogP contribution in [-0.4, -0.2) is 68.5 Å². The summed E-state index contributed by atoms with van der Waals surface area (Å²) in [5.41, 5.74) is 0. The molecular formula is C54H105N2O6P. The molecule has 1 amide bonds. The molecule has 0 aliphatic heterocycles. The largest absolute Gasteiger partial charge is 0.756 e. The fourth-order valence-electron chi connectivity index (χ4n) is 7.81. The van der Waals surface area contributed by atoms with E-state index in [1.165, 1.54) is 193 Å². The molecule has 372 valence electrons. The Hall–Kier alpha value is -1.28. The van der Waals surface area contributed by atoms with Crippen LogP contribution in [0.1, 0.15) is 251 Å². The molecular weight excluding hydrogens is 804 g/mol. The van der Waals surface area contributed by atoms with Crippen LogP contribution in [0.25, 0.3) is 0 Å². The number of aliphatic hydroxyl groups is 1. The average molecular weight is 909 g/mol. The summed E-state index contributed by atoms with van der Waals surface area (Å²) in [7, 11) is 1.25. The van der Waals surface area contributed by atoms with Crippen LogP contribution in [0.3, 0.4) is 0 Å². The second-order valence-electron chi connectivity index (χ2n) is 19.6. The highest BCUT2D eigenvalue weighted by molar-refractivity contribution is 7.45. The van der Waals surface area contributed by atoms with Crippen LogP contribution in [0.15, 0.2) is 36.5 Å². The number of phosphoric ester groups is 1. The summed E-state index contributed by atoms with van der Waals surface area (Å²) in [6.07, 6.45) is 57.8. The third-order valence-corrected chi connectivity index (χ3v) is 13.0. The Morgan fingerprint density at radius 3 is 1.29 bits per heavy atom. The number of rotatable bonds is 49. The number of likely N-dealkylation sites (N-methyl/N-ethyl adjacent to an activating group) is 1. The van der Waals surface area contributed by atoms with Gasteiger partial charge in [-0.3, -0.25) is 9.36 Å². The quantitative estimate of drug-likeness (QED) is 0.0272. The number of quaternary nitrogens is 1. The maximum Gasteiger partial charge on any atom is 0.268 e. The van der Waals surface area contributed by atoms with E-state index in [9.17, 15) is 19.4 Å². The zero-order valence-electron chi connectivity index (χ0n) is 42.3. The molecule has 0 spiro atoms. The minimum Gasteiger partial charge on any atom is -0.756 e. The number of unbranched alkanes of at least 4 members (excludes halogenated alkanes) is 32. The molecule has 0 radical (unpaired) electrons. The topological polar surface area (TPSA) is 108 Å². The fraction of sp³-hybridized carbons (Fsp3) is 0.870. The number of amides is 1.